The number of benzene rings is 3. The number of hydrogen-bond donors (Lipinski definition) is 1. The molecule has 0 amide bonds. The second kappa shape index (κ2) is 10.2. The third-order valence-corrected chi connectivity index (χ3v) is 9.52. The number of carbonyl (C=O) groups is 1. The number of rotatable bonds is 5. The first-order valence-electron chi connectivity index (χ1n) is 13.0. The maximum atomic E-state index is 13.9. The monoisotopic (exact) mass is 609 g/mol. The van der Waals surface area contributed by atoms with Gasteiger partial charge >= 0.3 is 0 Å². The number of Topliss-reactive ketones (excluding diaryl/α,β-unsaturated/α-hetero) is 1. The fourth-order valence-electron chi connectivity index (χ4n) is 5.43. The average molecular weight is 611 g/mol. The molecule has 0 saturated carbocycles. The van der Waals surface area contributed by atoms with Crippen molar-refractivity contribution in [1.82, 2.24) is 9.13 Å². The van der Waals surface area contributed by atoms with Gasteiger partial charge in [-0.05, 0) is 58.2 Å². The fraction of sp³-hybridized carbons (Fsp3) is 0.355. The lowest BCUT2D eigenvalue weighted by molar-refractivity contribution is 0.0971. The van der Waals surface area contributed by atoms with E-state index >= 15 is 0 Å². The summed E-state index contributed by atoms with van der Waals surface area (Å²) in [6, 6.07) is 21.3. The highest BCUT2D eigenvalue weighted by Crippen LogP contribution is 2.44. The van der Waals surface area contributed by atoms with Crippen LogP contribution in [-0.4, -0.2) is 29.1 Å². The Balaban J connectivity index is 0.00000353. The number of para-hydroxylation sites is 2. The summed E-state index contributed by atoms with van der Waals surface area (Å²) in [6.07, 6.45) is 0.516. The molecule has 1 N–H and O–H groups in total. The van der Waals surface area contributed by atoms with Crippen LogP contribution in [-0.2, 0) is 33.8 Å². The smallest absolute Gasteiger partial charge is 0.203 e. The van der Waals surface area contributed by atoms with Crippen LogP contribution < -0.4 is 5.62 Å². The summed E-state index contributed by atoms with van der Waals surface area (Å²) in [5.41, 5.74) is 4.12. The molecule has 0 radical (unpaired) electrons. The van der Waals surface area contributed by atoms with Crippen molar-refractivity contribution in [3.63, 3.8) is 0 Å². The molecule has 6 nitrogen and oxygen atoms in total. The van der Waals surface area contributed by atoms with Gasteiger partial charge in [-0.3, -0.25) is 10.2 Å². The van der Waals surface area contributed by atoms with Crippen molar-refractivity contribution in [3.05, 3.63) is 94.6 Å². The molecule has 2 heterocycles. The molecule has 0 spiro atoms. The molecule has 0 bridgehead atoms. The molecule has 0 aliphatic carbocycles. The Morgan fingerprint density at radius 3 is 2.15 bits per heavy atom. The van der Waals surface area contributed by atoms with Gasteiger partial charge in [0.1, 0.15) is 0 Å². The molecule has 39 heavy (non-hydrogen) atoms. The minimum Gasteiger partial charge on any atom is -0.306 e. The van der Waals surface area contributed by atoms with Crippen LogP contribution in [0.2, 0.25) is 0 Å². The number of nitrogens with zero attached hydrogens (tertiary/aromatic N) is 2. The zero-order chi connectivity index (χ0) is 27.5. The molecule has 0 atom stereocenters. The van der Waals surface area contributed by atoms with E-state index in [0.29, 0.717) is 29.0 Å². The van der Waals surface area contributed by atoms with Crippen LogP contribution in [0.25, 0.3) is 11.0 Å². The van der Waals surface area contributed by atoms with Crippen LogP contribution in [0, 0.1) is 5.41 Å². The zero-order valence-electron chi connectivity index (χ0n) is 23.1. The summed E-state index contributed by atoms with van der Waals surface area (Å²) in [6.45, 7) is 10.6. The van der Waals surface area contributed by atoms with Crippen molar-refractivity contribution >= 4 is 43.6 Å². The SMILES string of the molecule is Br.CC(C)(C)c1cc(C(=O)Cn2c(=N)n(Cc3ccccc3)c3ccccc32)cc2c1S(=O)(=O)CCC2(C)C. The van der Waals surface area contributed by atoms with Gasteiger partial charge in [0, 0.05) is 5.56 Å². The quantitative estimate of drug-likeness (QED) is 0.274. The second-order valence-electron chi connectivity index (χ2n) is 12.0. The second-order valence-corrected chi connectivity index (χ2v) is 14.0. The third-order valence-electron chi connectivity index (χ3n) is 7.71. The Bertz CT molecular complexity index is 1710. The highest BCUT2D eigenvalue weighted by atomic mass is 79.9. The molecule has 206 valence electrons. The van der Waals surface area contributed by atoms with Crippen molar-refractivity contribution in [3.8, 4) is 0 Å². The molecule has 3 aromatic carbocycles. The van der Waals surface area contributed by atoms with Crippen LogP contribution in [0.3, 0.4) is 0 Å². The minimum atomic E-state index is -3.44. The molecule has 0 saturated heterocycles. The van der Waals surface area contributed by atoms with E-state index in [2.05, 4.69) is 13.8 Å². The summed E-state index contributed by atoms with van der Waals surface area (Å²) in [5.74, 6) is -0.0271. The van der Waals surface area contributed by atoms with Gasteiger partial charge in [-0.2, -0.15) is 0 Å². The fourth-order valence-corrected chi connectivity index (χ4v) is 7.78. The molecule has 1 aliphatic rings. The molecule has 0 unspecified atom stereocenters. The zero-order valence-corrected chi connectivity index (χ0v) is 25.6. The molecule has 1 aliphatic heterocycles. The molecule has 1 aromatic heterocycles. The Hall–Kier alpha value is -2.97. The van der Waals surface area contributed by atoms with Gasteiger partial charge in [0.2, 0.25) is 5.62 Å². The van der Waals surface area contributed by atoms with Crippen molar-refractivity contribution < 1.29 is 13.2 Å². The van der Waals surface area contributed by atoms with Gasteiger partial charge in [-0.25, -0.2) is 8.42 Å². The molecule has 0 fully saturated rings. The Morgan fingerprint density at radius 1 is 0.949 bits per heavy atom. The summed E-state index contributed by atoms with van der Waals surface area (Å²) in [4.78, 5) is 14.2. The van der Waals surface area contributed by atoms with E-state index in [4.69, 9.17) is 5.41 Å². The van der Waals surface area contributed by atoms with Gasteiger partial charge < -0.3 is 9.13 Å². The van der Waals surface area contributed by atoms with E-state index in [-0.39, 0.29) is 46.1 Å². The predicted molar refractivity (Wildman–Crippen MR) is 161 cm³/mol. The maximum absolute atomic E-state index is 13.9. The molecular formula is C31H36BrN3O3S. The van der Waals surface area contributed by atoms with Crippen LogP contribution in [0.15, 0.2) is 71.6 Å². The first-order valence-corrected chi connectivity index (χ1v) is 14.7. The Kier molecular flexibility index (Phi) is 7.60. The highest BCUT2D eigenvalue weighted by molar-refractivity contribution is 8.93. The standard InChI is InChI=1S/C31H35N3O3S.BrH/c1-30(2,3)23-17-22(18-24-28(23)38(36,37)16-15-31(24,4)5)27(35)20-34-26-14-10-9-13-25(26)33(29(34)32)19-21-11-7-6-8-12-21;/h6-14,17-18,32H,15-16,19-20H2,1-5H3;1H. The molecule has 4 aromatic rings. The topological polar surface area (TPSA) is 84.9 Å². The number of hydrogen-bond acceptors (Lipinski definition) is 4. The average Bonchev–Trinajstić information content (AvgIpc) is 3.12. The van der Waals surface area contributed by atoms with E-state index < -0.39 is 15.3 Å². The summed E-state index contributed by atoms with van der Waals surface area (Å²) in [7, 11) is -3.44. The summed E-state index contributed by atoms with van der Waals surface area (Å²) >= 11 is 0. The number of nitrogens with one attached hydrogen (secondary N) is 1. The Labute approximate surface area is 240 Å². The third kappa shape index (κ3) is 5.29. The maximum Gasteiger partial charge on any atom is 0.203 e. The van der Waals surface area contributed by atoms with Crippen LogP contribution in [0.4, 0.5) is 0 Å². The number of halogens is 1. The highest BCUT2D eigenvalue weighted by Gasteiger charge is 2.40. The van der Waals surface area contributed by atoms with E-state index in [1.165, 1.54) is 0 Å². The molecule has 5 rings (SSSR count). The number of aromatic nitrogens is 2. The van der Waals surface area contributed by atoms with Crippen molar-refractivity contribution in [1.29, 1.82) is 5.41 Å². The van der Waals surface area contributed by atoms with Gasteiger partial charge in [0.25, 0.3) is 0 Å². The van der Waals surface area contributed by atoms with Crippen molar-refractivity contribution in [2.24, 2.45) is 0 Å². The summed E-state index contributed by atoms with van der Waals surface area (Å²) < 4.78 is 30.1. The van der Waals surface area contributed by atoms with Crippen LogP contribution in [0.1, 0.15) is 68.1 Å². The largest absolute Gasteiger partial charge is 0.306 e. The van der Waals surface area contributed by atoms with E-state index in [1.807, 2.05) is 79.9 Å². The van der Waals surface area contributed by atoms with Gasteiger partial charge in [-0.1, -0.05) is 77.1 Å². The number of sulfone groups is 1. The first kappa shape index (κ1) is 29.0. The lowest BCUT2D eigenvalue weighted by Crippen LogP contribution is -2.34. The lowest BCUT2D eigenvalue weighted by Gasteiger charge is -2.36. The number of ketones is 1. The Morgan fingerprint density at radius 2 is 1.54 bits per heavy atom. The minimum absolute atomic E-state index is 0. The molecular weight excluding hydrogens is 574 g/mol. The van der Waals surface area contributed by atoms with Crippen molar-refractivity contribution in [2.75, 3.05) is 5.75 Å². The van der Waals surface area contributed by atoms with E-state index in [9.17, 15) is 13.2 Å². The van der Waals surface area contributed by atoms with Gasteiger partial charge in [0.05, 0.1) is 34.8 Å². The van der Waals surface area contributed by atoms with Crippen molar-refractivity contribution in [2.45, 2.75) is 69.9 Å². The van der Waals surface area contributed by atoms with Crippen LogP contribution in [0.5, 0.6) is 0 Å². The van der Waals surface area contributed by atoms with Crippen LogP contribution >= 0.6 is 17.0 Å². The summed E-state index contributed by atoms with van der Waals surface area (Å²) in [5, 5.41) is 8.98. The number of imidazole rings is 1. The normalized spacial score (nSPS) is 15.9. The first-order chi connectivity index (χ1) is 17.8. The number of fused-ring (bicyclic) bond motifs is 2. The van der Waals surface area contributed by atoms with Gasteiger partial charge in [-0.15, -0.1) is 17.0 Å². The number of carbonyl (C=O) groups excluding carboxylic acids is 1. The predicted octanol–water partition coefficient (Wildman–Crippen LogP) is 6.18. The molecule has 8 heteroatoms. The van der Waals surface area contributed by atoms with E-state index in [0.717, 1.165) is 22.2 Å². The van der Waals surface area contributed by atoms with Gasteiger partial charge in [0.15, 0.2) is 15.6 Å². The van der Waals surface area contributed by atoms with E-state index in [1.54, 1.807) is 16.7 Å². The lowest BCUT2D eigenvalue weighted by atomic mass is 9.76.